The summed E-state index contributed by atoms with van der Waals surface area (Å²) in [6.07, 6.45) is 3.09. The summed E-state index contributed by atoms with van der Waals surface area (Å²) in [5.41, 5.74) is 0.473. The van der Waals surface area contributed by atoms with E-state index in [0.29, 0.717) is 37.2 Å². The molecule has 1 N–H and O–H groups in total. The van der Waals surface area contributed by atoms with E-state index in [2.05, 4.69) is 20.2 Å². The minimum Gasteiger partial charge on any atom is -0.378 e. The second kappa shape index (κ2) is 9.74. The highest BCUT2D eigenvalue weighted by molar-refractivity contribution is 6.10. The van der Waals surface area contributed by atoms with Crippen molar-refractivity contribution in [2.24, 2.45) is 0 Å². The van der Waals surface area contributed by atoms with Crippen LogP contribution in [0.15, 0.2) is 60.9 Å². The maximum absolute atomic E-state index is 14.6. The van der Waals surface area contributed by atoms with Crippen molar-refractivity contribution in [3.05, 3.63) is 95.2 Å². The molecular weight excluding hydrogens is 473 g/mol. The van der Waals surface area contributed by atoms with E-state index in [0.717, 1.165) is 23.9 Å². The Morgan fingerprint density at radius 3 is 2.53 bits per heavy atom. The van der Waals surface area contributed by atoms with Crippen molar-refractivity contribution in [2.75, 3.05) is 36.5 Å². The highest BCUT2D eigenvalue weighted by Gasteiger charge is 2.22. The minimum absolute atomic E-state index is 0.0209. The third kappa shape index (κ3) is 4.76. The van der Waals surface area contributed by atoms with Gasteiger partial charge < -0.3 is 15.0 Å². The molecule has 0 aliphatic carbocycles. The number of amides is 1. The van der Waals surface area contributed by atoms with Crippen molar-refractivity contribution < 1.29 is 27.5 Å². The molecule has 0 radical (unpaired) electrons. The van der Waals surface area contributed by atoms with Crippen LogP contribution in [0.4, 0.5) is 24.5 Å². The van der Waals surface area contributed by atoms with Crippen LogP contribution < -0.4 is 10.2 Å². The van der Waals surface area contributed by atoms with Crippen LogP contribution in [0, 0.1) is 17.5 Å². The number of carbonyl (C=O) groups excluding carboxylic acids is 2. The number of pyridine rings is 2. The Labute approximate surface area is 203 Å². The Morgan fingerprint density at radius 2 is 1.75 bits per heavy atom. The first-order valence-electron chi connectivity index (χ1n) is 11.1. The molecule has 1 aliphatic heterocycles. The molecule has 1 fully saturated rings. The lowest BCUT2D eigenvalue weighted by Gasteiger charge is -2.28. The highest BCUT2D eigenvalue weighted by atomic mass is 19.2. The van der Waals surface area contributed by atoms with Crippen molar-refractivity contribution in [1.29, 1.82) is 0 Å². The topological polar surface area (TPSA) is 84.4 Å². The van der Waals surface area contributed by atoms with Gasteiger partial charge in [-0.2, -0.15) is 0 Å². The lowest BCUT2D eigenvalue weighted by Crippen LogP contribution is -2.36. The number of hydrogen-bond acceptors (Lipinski definition) is 6. The van der Waals surface area contributed by atoms with Gasteiger partial charge in [0.15, 0.2) is 11.6 Å². The van der Waals surface area contributed by atoms with E-state index in [1.807, 2.05) is 6.07 Å². The number of halogens is 3. The van der Waals surface area contributed by atoms with Crippen LogP contribution in [0.1, 0.15) is 26.4 Å². The molecule has 0 atom stereocenters. The summed E-state index contributed by atoms with van der Waals surface area (Å²) < 4.78 is 47.8. The van der Waals surface area contributed by atoms with Crippen LogP contribution in [0.2, 0.25) is 0 Å². The number of nitrogens with one attached hydrogen (secondary N) is 1. The molecule has 10 heteroatoms. The Morgan fingerprint density at radius 1 is 0.944 bits per heavy atom. The van der Waals surface area contributed by atoms with Gasteiger partial charge in [0, 0.05) is 35.8 Å². The molecule has 5 rings (SSSR count). The molecule has 1 saturated heterocycles. The number of morpholine rings is 1. The zero-order valence-electron chi connectivity index (χ0n) is 18.8. The van der Waals surface area contributed by atoms with E-state index in [-0.39, 0.29) is 16.9 Å². The largest absolute Gasteiger partial charge is 0.378 e. The predicted octanol–water partition coefficient (Wildman–Crippen LogP) is 4.37. The number of ether oxygens (including phenoxy) is 1. The fourth-order valence-corrected chi connectivity index (χ4v) is 3.94. The van der Waals surface area contributed by atoms with Crippen LogP contribution in [-0.2, 0) is 4.74 Å². The zero-order chi connectivity index (χ0) is 25.2. The number of anilines is 2. The van der Waals surface area contributed by atoms with Crippen LogP contribution in [0.25, 0.3) is 10.9 Å². The summed E-state index contributed by atoms with van der Waals surface area (Å²) in [6.45, 7) is 2.58. The summed E-state index contributed by atoms with van der Waals surface area (Å²) in [5, 5.41) is 2.97. The first-order chi connectivity index (χ1) is 17.4. The average molecular weight is 492 g/mol. The number of ketones is 1. The van der Waals surface area contributed by atoms with E-state index in [1.165, 1.54) is 30.5 Å². The fraction of sp³-hybridized carbons (Fsp3) is 0.154. The van der Waals surface area contributed by atoms with E-state index in [9.17, 15) is 22.8 Å². The van der Waals surface area contributed by atoms with Gasteiger partial charge in [0.1, 0.15) is 11.5 Å². The Bertz CT molecular complexity index is 1490. The molecular formula is C26H19F3N4O3. The smallest absolute Gasteiger partial charge is 0.255 e. The SMILES string of the molecule is O=C(Nc1cc(F)c(F)c(C(=O)c2cc3cc(N4CCOCC4)cnc3cn2)c1)c1cccc(F)c1. The maximum Gasteiger partial charge on any atom is 0.255 e. The van der Waals surface area contributed by atoms with Gasteiger partial charge in [0.25, 0.3) is 5.91 Å². The molecule has 0 bridgehead atoms. The average Bonchev–Trinajstić information content (AvgIpc) is 2.90. The van der Waals surface area contributed by atoms with Gasteiger partial charge in [-0.15, -0.1) is 0 Å². The minimum atomic E-state index is -1.37. The number of rotatable bonds is 5. The fourth-order valence-electron chi connectivity index (χ4n) is 3.94. The van der Waals surface area contributed by atoms with Gasteiger partial charge in [0.2, 0.25) is 5.78 Å². The third-order valence-electron chi connectivity index (χ3n) is 5.78. The third-order valence-corrected chi connectivity index (χ3v) is 5.78. The van der Waals surface area contributed by atoms with E-state index < -0.39 is 34.7 Å². The summed E-state index contributed by atoms with van der Waals surface area (Å²) in [4.78, 5) is 36.1. The summed E-state index contributed by atoms with van der Waals surface area (Å²) in [7, 11) is 0. The molecule has 1 aliphatic rings. The number of nitrogens with zero attached hydrogens (tertiary/aromatic N) is 3. The second-order valence-corrected chi connectivity index (χ2v) is 8.17. The monoisotopic (exact) mass is 492 g/mol. The zero-order valence-corrected chi connectivity index (χ0v) is 18.8. The van der Waals surface area contributed by atoms with Gasteiger partial charge in [-0.05, 0) is 36.4 Å². The van der Waals surface area contributed by atoms with Crippen LogP contribution in [0.3, 0.4) is 0 Å². The molecule has 2 aromatic carbocycles. The van der Waals surface area contributed by atoms with Crippen molar-refractivity contribution in [1.82, 2.24) is 9.97 Å². The lowest BCUT2D eigenvalue weighted by molar-refractivity contribution is 0.101. The maximum atomic E-state index is 14.6. The lowest BCUT2D eigenvalue weighted by atomic mass is 10.0. The molecule has 2 aromatic heterocycles. The van der Waals surface area contributed by atoms with Crippen LogP contribution in [-0.4, -0.2) is 48.0 Å². The molecule has 1 amide bonds. The van der Waals surface area contributed by atoms with Crippen LogP contribution in [0.5, 0.6) is 0 Å². The highest BCUT2D eigenvalue weighted by Crippen LogP contribution is 2.25. The number of carbonyl (C=O) groups is 2. The number of fused-ring (bicyclic) bond motifs is 1. The second-order valence-electron chi connectivity index (χ2n) is 8.17. The molecule has 7 nitrogen and oxygen atoms in total. The van der Waals surface area contributed by atoms with Crippen molar-refractivity contribution >= 4 is 34.0 Å². The Hall–Kier alpha value is -4.31. The normalized spacial score (nSPS) is 13.6. The standard InChI is InChI=1S/C26H19F3N4O3/c27-17-3-1-2-15(8-17)26(35)32-18-11-20(24(29)21(28)12-18)25(34)22-10-16-9-19(13-30-23(16)14-31-22)33-4-6-36-7-5-33/h1-3,8-14H,4-7H2,(H,32,35). The molecule has 36 heavy (non-hydrogen) atoms. The predicted molar refractivity (Wildman–Crippen MR) is 127 cm³/mol. The number of benzene rings is 2. The molecule has 0 saturated carbocycles. The first kappa shape index (κ1) is 23.4. The van der Waals surface area contributed by atoms with Gasteiger partial charge in [-0.3, -0.25) is 19.6 Å². The Balaban J connectivity index is 1.45. The quantitative estimate of drug-likeness (QED) is 0.417. The first-order valence-corrected chi connectivity index (χ1v) is 11.1. The summed E-state index contributed by atoms with van der Waals surface area (Å²) in [5.74, 6) is -4.94. The van der Waals surface area contributed by atoms with E-state index in [4.69, 9.17) is 4.74 Å². The van der Waals surface area contributed by atoms with E-state index >= 15 is 0 Å². The van der Waals surface area contributed by atoms with Gasteiger partial charge in [-0.25, -0.2) is 13.2 Å². The van der Waals surface area contributed by atoms with Gasteiger partial charge in [-0.1, -0.05) is 6.07 Å². The number of aromatic nitrogens is 2. The van der Waals surface area contributed by atoms with E-state index in [1.54, 1.807) is 6.20 Å². The molecule has 182 valence electrons. The summed E-state index contributed by atoms with van der Waals surface area (Å²) in [6, 6.07) is 9.95. The number of hydrogen-bond donors (Lipinski definition) is 1. The van der Waals surface area contributed by atoms with Gasteiger partial charge in [0.05, 0.1) is 42.4 Å². The summed E-state index contributed by atoms with van der Waals surface area (Å²) >= 11 is 0. The molecule has 0 spiro atoms. The van der Waals surface area contributed by atoms with Crippen molar-refractivity contribution in [2.45, 2.75) is 0 Å². The molecule has 4 aromatic rings. The van der Waals surface area contributed by atoms with Crippen LogP contribution >= 0.6 is 0 Å². The molecule has 3 heterocycles. The molecule has 0 unspecified atom stereocenters. The van der Waals surface area contributed by atoms with Crippen molar-refractivity contribution in [3.63, 3.8) is 0 Å². The van der Waals surface area contributed by atoms with Gasteiger partial charge >= 0.3 is 0 Å². The van der Waals surface area contributed by atoms with Crippen molar-refractivity contribution in [3.8, 4) is 0 Å². The Kier molecular flexibility index (Phi) is 6.34.